The first-order valence-corrected chi connectivity index (χ1v) is 25.7. The van der Waals surface area contributed by atoms with Gasteiger partial charge in [0.25, 0.3) is 0 Å². The number of fused-ring (bicyclic) bond motifs is 2. The second-order valence-electron chi connectivity index (χ2n) is 20.6. The van der Waals surface area contributed by atoms with Crippen molar-refractivity contribution in [3.8, 4) is 0 Å². The lowest BCUT2D eigenvalue weighted by Gasteiger charge is -2.32. The molecule has 12 rings (SSSR count). The lowest BCUT2D eigenvalue weighted by atomic mass is 9.83. The van der Waals surface area contributed by atoms with Gasteiger partial charge in [-0.1, -0.05) is 133 Å². The fourth-order valence-corrected chi connectivity index (χ4v) is 12.2. The van der Waals surface area contributed by atoms with Gasteiger partial charge in [-0.3, -0.25) is 9.97 Å². The highest BCUT2D eigenvalue weighted by molar-refractivity contribution is 6.29. The van der Waals surface area contributed by atoms with Gasteiger partial charge in [0, 0.05) is 56.7 Å². The maximum atomic E-state index is 4.87. The van der Waals surface area contributed by atoms with Crippen LogP contribution in [0.2, 0.25) is 0 Å². The van der Waals surface area contributed by atoms with Crippen molar-refractivity contribution in [3.05, 3.63) is 180 Å². The fraction of sp³-hybridized carbons (Fsp3) is 0.281. The first-order valence-electron chi connectivity index (χ1n) is 25.7. The zero-order chi connectivity index (χ0) is 45.9. The van der Waals surface area contributed by atoms with E-state index in [4.69, 9.17) is 9.97 Å². The van der Waals surface area contributed by atoms with Gasteiger partial charge in [-0.05, 0) is 172 Å². The lowest BCUT2D eigenvalue weighted by molar-refractivity contribution is 0.443. The Labute approximate surface area is 402 Å². The Kier molecular flexibility index (Phi) is 11.1. The van der Waals surface area contributed by atoms with E-state index in [0.717, 1.165) is 33.2 Å². The molecular weight excluding hydrogens is 825 g/mol. The maximum absolute atomic E-state index is 4.87. The molecule has 2 saturated carbocycles. The summed E-state index contributed by atoms with van der Waals surface area (Å²) in [5.41, 5.74) is 14.7. The van der Waals surface area contributed by atoms with Crippen molar-refractivity contribution in [2.45, 2.75) is 116 Å². The molecule has 2 fully saturated rings. The Hall–Kier alpha value is -6.78. The Bertz CT molecular complexity index is 3200. The van der Waals surface area contributed by atoms with Crippen molar-refractivity contribution < 1.29 is 0 Å². The van der Waals surface area contributed by atoms with Gasteiger partial charge in [-0.2, -0.15) is 0 Å². The van der Waals surface area contributed by atoms with Crippen LogP contribution in [0.5, 0.6) is 0 Å². The van der Waals surface area contributed by atoms with Gasteiger partial charge in [0.1, 0.15) is 0 Å². The minimum atomic E-state index is 0.293. The molecule has 0 amide bonds. The van der Waals surface area contributed by atoms with Crippen LogP contribution in [-0.4, -0.2) is 9.97 Å². The highest BCUT2D eigenvalue weighted by Gasteiger charge is 2.27. The van der Waals surface area contributed by atoms with Crippen molar-refractivity contribution in [2.24, 2.45) is 0 Å². The third-order valence-electron chi connectivity index (χ3n) is 15.8. The zero-order valence-corrected chi connectivity index (χ0v) is 40.2. The summed E-state index contributed by atoms with van der Waals surface area (Å²) < 4.78 is 0. The molecule has 2 heterocycles. The first-order chi connectivity index (χ1) is 33.4. The Morgan fingerprint density at radius 2 is 0.838 bits per heavy atom. The molecule has 4 heteroatoms. The molecule has 0 N–H and O–H groups in total. The molecular formula is C64H62N4. The standard InChI is InChI=1S/C64H62N4/c1-41(2)57-39-61(67(51-29-34-59-48(37-51)18-12-35-65-59)49-24-19-45(20-25-49)43-13-7-5-8-14-43)55-32-30-54-58(42(3)4)40-62(56-33-31-53(57)63(55)64(54)56)68(52-28-23-47-17-11-36-66-60(47)38-52)50-26-21-46(22-27-50)44-15-9-6-10-16-44/h11-12,17-44H,5-10,13-16H2,1-4H3. The summed E-state index contributed by atoms with van der Waals surface area (Å²) in [6.07, 6.45) is 17.0. The predicted molar refractivity (Wildman–Crippen MR) is 290 cm³/mol. The van der Waals surface area contributed by atoms with Crippen LogP contribution in [0.4, 0.5) is 34.1 Å². The average molecular weight is 887 g/mol. The van der Waals surface area contributed by atoms with Crippen LogP contribution >= 0.6 is 0 Å². The minimum absolute atomic E-state index is 0.293. The van der Waals surface area contributed by atoms with Crippen LogP contribution < -0.4 is 9.80 Å². The third kappa shape index (κ3) is 7.53. The van der Waals surface area contributed by atoms with Crippen LogP contribution in [0.3, 0.4) is 0 Å². The molecule has 338 valence electrons. The third-order valence-corrected chi connectivity index (χ3v) is 15.8. The van der Waals surface area contributed by atoms with Gasteiger partial charge < -0.3 is 9.80 Å². The highest BCUT2D eigenvalue weighted by Crippen LogP contribution is 2.52. The van der Waals surface area contributed by atoms with Gasteiger partial charge in [-0.25, -0.2) is 0 Å². The number of benzene rings is 8. The molecule has 0 aliphatic heterocycles. The molecule has 8 aromatic carbocycles. The molecule has 0 atom stereocenters. The van der Waals surface area contributed by atoms with Crippen LogP contribution in [0.1, 0.15) is 138 Å². The number of hydrogen-bond donors (Lipinski definition) is 0. The Morgan fingerprint density at radius 3 is 1.35 bits per heavy atom. The van der Waals surface area contributed by atoms with E-state index in [1.165, 1.54) is 142 Å². The van der Waals surface area contributed by atoms with E-state index < -0.39 is 0 Å². The van der Waals surface area contributed by atoms with Gasteiger partial charge in [0.2, 0.25) is 0 Å². The monoisotopic (exact) mass is 886 g/mol. The summed E-state index contributed by atoms with van der Waals surface area (Å²) in [6, 6.07) is 55.9. The van der Waals surface area contributed by atoms with Crippen molar-refractivity contribution >= 4 is 88.2 Å². The second kappa shape index (κ2) is 17.7. The normalized spacial score (nSPS) is 15.2. The summed E-state index contributed by atoms with van der Waals surface area (Å²) in [7, 11) is 0. The molecule has 0 radical (unpaired) electrons. The van der Waals surface area contributed by atoms with E-state index in [0.29, 0.717) is 23.7 Å². The molecule has 0 spiro atoms. The van der Waals surface area contributed by atoms with Crippen LogP contribution in [-0.2, 0) is 0 Å². The quantitative estimate of drug-likeness (QED) is 0.128. The minimum Gasteiger partial charge on any atom is -0.310 e. The fourth-order valence-electron chi connectivity index (χ4n) is 12.2. The summed E-state index contributed by atoms with van der Waals surface area (Å²) in [6.45, 7) is 9.44. The summed E-state index contributed by atoms with van der Waals surface area (Å²) in [5.74, 6) is 1.87. The number of rotatable bonds is 10. The van der Waals surface area contributed by atoms with Crippen molar-refractivity contribution in [1.29, 1.82) is 0 Å². The van der Waals surface area contributed by atoms with Crippen LogP contribution in [0, 0.1) is 0 Å². The Morgan fingerprint density at radius 1 is 0.397 bits per heavy atom. The van der Waals surface area contributed by atoms with E-state index in [1.807, 2.05) is 18.5 Å². The number of pyridine rings is 2. The molecule has 10 aromatic rings. The molecule has 2 aliphatic carbocycles. The lowest BCUT2D eigenvalue weighted by Crippen LogP contribution is -2.13. The second-order valence-corrected chi connectivity index (χ2v) is 20.6. The summed E-state index contributed by atoms with van der Waals surface area (Å²) in [4.78, 5) is 14.7. The molecule has 68 heavy (non-hydrogen) atoms. The van der Waals surface area contributed by atoms with Crippen LogP contribution in [0.25, 0.3) is 54.1 Å². The predicted octanol–water partition coefficient (Wildman–Crippen LogP) is 19.0. The molecule has 2 aromatic heterocycles. The SMILES string of the molecule is CC(C)c1cc(N(c2ccc(C3CCCCC3)cc2)c2ccc3ncccc3c2)c2ccc3c(C(C)C)cc(N(c4ccc(C5CCCCC5)cc4)c4ccc5cccnc5c4)c4ccc1c2c34. The van der Waals surface area contributed by atoms with Gasteiger partial charge in [0.15, 0.2) is 0 Å². The van der Waals surface area contributed by atoms with Gasteiger partial charge in [0.05, 0.1) is 22.4 Å². The Balaban J connectivity index is 1.12. The van der Waals surface area contributed by atoms with Gasteiger partial charge >= 0.3 is 0 Å². The number of anilines is 6. The van der Waals surface area contributed by atoms with Crippen molar-refractivity contribution in [1.82, 2.24) is 9.97 Å². The summed E-state index contributed by atoms with van der Waals surface area (Å²) in [5, 5.41) is 10.1. The maximum Gasteiger partial charge on any atom is 0.0722 e. The van der Waals surface area contributed by atoms with Crippen LogP contribution in [0.15, 0.2) is 158 Å². The van der Waals surface area contributed by atoms with Gasteiger partial charge in [-0.15, -0.1) is 0 Å². The van der Waals surface area contributed by atoms with E-state index in [9.17, 15) is 0 Å². The number of aromatic nitrogens is 2. The molecule has 0 unspecified atom stereocenters. The first kappa shape index (κ1) is 42.6. The molecule has 0 saturated heterocycles. The van der Waals surface area contributed by atoms with Crippen molar-refractivity contribution in [2.75, 3.05) is 9.80 Å². The highest BCUT2D eigenvalue weighted by atomic mass is 15.2. The number of hydrogen-bond acceptors (Lipinski definition) is 4. The van der Waals surface area contributed by atoms with E-state index in [1.54, 1.807) is 0 Å². The largest absolute Gasteiger partial charge is 0.310 e. The van der Waals surface area contributed by atoms with E-state index >= 15 is 0 Å². The topological polar surface area (TPSA) is 32.3 Å². The van der Waals surface area contributed by atoms with E-state index in [-0.39, 0.29) is 0 Å². The summed E-state index contributed by atoms with van der Waals surface area (Å²) >= 11 is 0. The zero-order valence-electron chi connectivity index (χ0n) is 40.2. The molecule has 4 nitrogen and oxygen atoms in total. The van der Waals surface area contributed by atoms with E-state index in [2.05, 4.69) is 177 Å². The van der Waals surface area contributed by atoms with Crippen molar-refractivity contribution in [3.63, 3.8) is 0 Å². The molecule has 0 bridgehead atoms. The smallest absolute Gasteiger partial charge is 0.0722 e. The molecule has 2 aliphatic rings. The number of nitrogens with zero attached hydrogens (tertiary/aromatic N) is 4. The average Bonchev–Trinajstić information content (AvgIpc) is 3.39.